The van der Waals surface area contributed by atoms with Crippen LogP contribution in [-0.4, -0.2) is 26.0 Å². The molecule has 4 rings (SSSR count). The Morgan fingerprint density at radius 3 is 2.68 bits per heavy atom. The molecule has 0 amide bonds. The third-order valence-electron chi connectivity index (χ3n) is 4.38. The van der Waals surface area contributed by atoms with Crippen LogP contribution >= 0.6 is 0 Å². The van der Waals surface area contributed by atoms with Gasteiger partial charge in [0, 0.05) is 24.0 Å². The molecular formula is C23H19N5O3. The molecule has 0 bridgehead atoms. The molecular weight excluding hydrogens is 394 g/mol. The predicted molar refractivity (Wildman–Crippen MR) is 118 cm³/mol. The van der Waals surface area contributed by atoms with Gasteiger partial charge >= 0.3 is 5.97 Å². The molecule has 3 aromatic rings. The summed E-state index contributed by atoms with van der Waals surface area (Å²) < 4.78 is 5.71. The van der Waals surface area contributed by atoms with Gasteiger partial charge < -0.3 is 20.9 Å². The normalized spacial score (nSPS) is 12.7. The van der Waals surface area contributed by atoms with Gasteiger partial charge in [-0.1, -0.05) is 30.4 Å². The van der Waals surface area contributed by atoms with E-state index in [0.717, 1.165) is 23.4 Å². The number of nitrogens with zero attached hydrogens (tertiary/aromatic N) is 3. The average molecular weight is 413 g/mol. The largest absolute Gasteiger partial charge is 0.477 e. The van der Waals surface area contributed by atoms with E-state index in [2.05, 4.69) is 26.3 Å². The smallest absolute Gasteiger partial charge is 0.354 e. The Hall–Kier alpha value is -4.46. The maximum Gasteiger partial charge on any atom is 0.354 e. The van der Waals surface area contributed by atoms with Crippen molar-refractivity contribution < 1.29 is 14.6 Å². The Balaban J connectivity index is 1.48. The molecule has 0 aliphatic heterocycles. The van der Waals surface area contributed by atoms with Crippen molar-refractivity contribution in [3.63, 3.8) is 0 Å². The first-order valence-electron chi connectivity index (χ1n) is 9.48. The fourth-order valence-corrected chi connectivity index (χ4v) is 2.94. The number of pyridine rings is 1. The number of ether oxygens (including phenoxy) is 1. The van der Waals surface area contributed by atoms with Crippen LogP contribution in [0.15, 0.2) is 79.0 Å². The molecule has 2 heterocycles. The molecule has 0 atom stereocenters. The summed E-state index contributed by atoms with van der Waals surface area (Å²) in [6.45, 7) is 0. The van der Waals surface area contributed by atoms with Gasteiger partial charge in [-0.15, -0.1) is 0 Å². The van der Waals surface area contributed by atoms with Crippen molar-refractivity contribution in [1.82, 2.24) is 15.0 Å². The van der Waals surface area contributed by atoms with Crippen LogP contribution in [-0.2, 0) is 0 Å². The molecule has 0 fully saturated rings. The van der Waals surface area contributed by atoms with Gasteiger partial charge in [-0.25, -0.2) is 14.8 Å². The highest BCUT2D eigenvalue weighted by molar-refractivity contribution is 5.85. The average Bonchev–Trinajstić information content (AvgIpc) is 3.05. The molecule has 0 unspecified atom stereocenters. The summed E-state index contributed by atoms with van der Waals surface area (Å²) in [6.07, 6.45) is 12.1. The van der Waals surface area contributed by atoms with E-state index in [1.54, 1.807) is 18.2 Å². The lowest BCUT2D eigenvalue weighted by Crippen LogP contribution is -2.03. The molecule has 0 spiro atoms. The van der Waals surface area contributed by atoms with Crippen LogP contribution < -0.4 is 15.8 Å². The minimum Gasteiger partial charge on any atom is -0.477 e. The number of nitrogen functional groups attached to an aromatic ring is 1. The number of nitrogens with one attached hydrogen (secondary N) is 1. The highest BCUT2D eigenvalue weighted by atomic mass is 16.5. The number of rotatable bonds is 6. The highest BCUT2D eigenvalue weighted by Gasteiger charge is 2.09. The van der Waals surface area contributed by atoms with Crippen molar-refractivity contribution in [2.24, 2.45) is 0 Å². The number of anilines is 3. The quantitative estimate of drug-likeness (QED) is 0.536. The molecule has 154 valence electrons. The molecule has 31 heavy (non-hydrogen) atoms. The van der Waals surface area contributed by atoms with Crippen molar-refractivity contribution >= 4 is 29.0 Å². The summed E-state index contributed by atoms with van der Waals surface area (Å²) in [5.74, 6) is 0.596. The number of hydrogen-bond acceptors (Lipinski definition) is 7. The molecule has 1 aliphatic carbocycles. The van der Waals surface area contributed by atoms with E-state index in [1.807, 2.05) is 42.5 Å². The van der Waals surface area contributed by atoms with E-state index in [4.69, 9.17) is 15.6 Å². The van der Waals surface area contributed by atoms with Gasteiger partial charge in [-0.3, -0.25) is 0 Å². The van der Waals surface area contributed by atoms with Crippen LogP contribution in [0.2, 0.25) is 0 Å². The summed E-state index contributed by atoms with van der Waals surface area (Å²) in [6, 6.07) is 12.0. The fraction of sp³-hybridized carbons (Fsp3) is 0.0435. The Kier molecular flexibility index (Phi) is 5.70. The second-order valence-electron chi connectivity index (χ2n) is 6.64. The van der Waals surface area contributed by atoms with Crippen LogP contribution in [0.3, 0.4) is 0 Å². The molecule has 4 N–H and O–H groups in total. The van der Waals surface area contributed by atoms with Crippen LogP contribution in [0.5, 0.6) is 11.5 Å². The number of hydrogen-bond donors (Lipinski definition) is 3. The number of nitrogens with two attached hydrogens (primary N) is 1. The van der Waals surface area contributed by atoms with Crippen molar-refractivity contribution in [2.75, 3.05) is 11.1 Å². The molecule has 1 aromatic carbocycles. The summed E-state index contributed by atoms with van der Waals surface area (Å²) in [5, 5.41) is 12.2. The second-order valence-corrected chi connectivity index (χ2v) is 6.64. The summed E-state index contributed by atoms with van der Waals surface area (Å²) >= 11 is 0. The van der Waals surface area contributed by atoms with Crippen LogP contribution in [0.4, 0.5) is 17.5 Å². The Bertz CT molecular complexity index is 1200. The topological polar surface area (TPSA) is 123 Å². The second kappa shape index (κ2) is 8.91. The van der Waals surface area contributed by atoms with Gasteiger partial charge in [-0.05, 0) is 42.3 Å². The zero-order chi connectivity index (χ0) is 21.6. The molecule has 2 aromatic heterocycles. The first-order chi connectivity index (χ1) is 15.1. The van der Waals surface area contributed by atoms with Crippen LogP contribution in [0.25, 0.3) is 5.57 Å². The maximum atomic E-state index is 11.0. The van der Waals surface area contributed by atoms with Crippen molar-refractivity contribution in [1.29, 1.82) is 0 Å². The number of carboxylic acids is 1. The zero-order valence-electron chi connectivity index (χ0n) is 16.4. The van der Waals surface area contributed by atoms with Gasteiger partial charge in [0.15, 0.2) is 5.69 Å². The lowest BCUT2D eigenvalue weighted by Gasteiger charge is -2.11. The monoisotopic (exact) mass is 413 g/mol. The number of benzene rings is 1. The van der Waals surface area contributed by atoms with Crippen LogP contribution in [0.1, 0.15) is 22.6 Å². The molecule has 8 nitrogen and oxygen atoms in total. The first kappa shape index (κ1) is 19.8. The summed E-state index contributed by atoms with van der Waals surface area (Å²) in [7, 11) is 0. The minimum atomic E-state index is -1.11. The van der Waals surface area contributed by atoms with Gasteiger partial charge in [0.05, 0.1) is 5.69 Å². The summed E-state index contributed by atoms with van der Waals surface area (Å²) in [4.78, 5) is 23.4. The molecule has 0 radical (unpaired) electrons. The number of aromatic nitrogens is 3. The fourth-order valence-electron chi connectivity index (χ4n) is 2.94. The minimum absolute atomic E-state index is 0.0808. The molecule has 0 saturated heterocycles. The standard InChI is InChI=1S/C23H19N5O3/c24-23-27-19(15-5-3-1-2-4-6-15)14-21(28-23)26-16-7-9-17(10-8-16)31-18-11-12-25-20(13-18)22(29)30/h1-5,7-14H,6H2,(H,29,30)(H3,24,26,27,28). The first-order valence-corrected chi connectivity index (χ1v) is 9.48. The van der Waals surface area contributed by atoms with E-state index in [9.17, 15) is 4.79 Å². The third kappa shape index (κ3) is 5.13. The number of allylic oxidation sites excluding steroid dienone is 6. The van der Waals surface area contributed by atoms with Crippen molar-refractivity contribution in [3.8, 4) is 11.5 Å². The summed E-state index contributed by atoms with van der Waals surface area (Å²) in [5.41, 5.74) is 8.42. The Morgan fingerprint density at radius 2 is 1.87 bits per heavy atom. The lowest BCUT2D eigenvalue weighted by molar-refractivity contribution is 0.0690. The van der Waals surface area contributed by atoms with Crippen LogP contribution in [0, 0.1) is 0 Å². The van der Waals surface area contributed by atoms with Gasteiger partial charge in [0.1, 0.15) is 17.3 Å². The SMILES string of the molecule is Nc1nc(Nc2ccc(Oc3ccnc(C(=O)O)c3)cc2)cc(C2=CC=CC=CC2)n1. The van der Waals surface area contributed by atoms with E-state index in [-0.39, 0.29) is 11.6 Å². The number of carbonyl (C=O) groups is 1. The molecule has 0 saturated carbocycles. The van der Waals surface area contributed by atoms with E-state index < -0.39 is 5.97 Å². The number of carboxylic acid groups (broad SMARTS) is 1. The van der Waals surface area contributed by atoms with E-state index in [0.29, 0.717) is 17.3 Å². The molecule has 1 aliphatic rings. The molecule has 8 heteroatoms. The zero-order valence-corrected chi connectivity index (χ0v) is 16.4. The lowest BCUT2D eigenvalue weighted by atomic mass is 10.1. The van der Waals surface area contributed by atoms with Gasteiger partial charge in [0.2, 0.25) is 5.95 Å². The number of aromatic carboxylic acids is 1. The highest BCUT2D eigenvalue weighted by Crippen LogP contribution is 2.26. The third-order valence-corrected chi connectivity index (χ3v) is 4.38. The predicted octanol–water partition coefficient (Wildman–Crippen LogP) is 4.59. The Morgan fingerprint density at radius 1 is 1.03 bits per heavy atom. The van der Waals surface area contributed by atoms with Crippen molar-refractivity contribution in [3.05, 3.63) is 90.4 Å². The van der Waals surface area contributed by atoms with Gasteiger partial charge in [-0.2, -0.15) is 4.98 Å². The maximum absolute atomic E-state index is 11.0. The Labute approximate surface area is 178 Å². The van der Waals surface area contributed by atoms with E-state index >= 15 is 0 Å². The van der Waals surface area contributed by atoms with E-state index in [1.165, 1.54) is 12.3 Å². The van der Waals surface area contributed by atoms with Gasteiger partial charge in [0.25, 0.3) is 0 Å². The van der Waals surface area contributed by atoms with Crippen molar-refractivity contribution in [2.45, 2.75) is 6.42 Å².